The molecule has 4 N–H and O–H groups in total. The SMILES string of the molecule is CC(=O)Oc1ccccc1-c1cc2c(OC(=O)CNC(=O)c3c(O)c4cc(-c5cc(C(F)(F)F)ccc5Cl)nn4n(C)c3=O)c(C(=O)NCC(=O)O)c(=O)n(C)n2n1. The number of hydrogen-bond donors (Lipinski definition) is 4. The van der Waals surface area contributed by atoms with Crippen LogP contribution in [0.2, 0.25) is 5.02 Å². The number of aromatic hydroxyl groups is 1. The van der Waals surface area contributed by atoms with E-state index in [0.29, 0.717) is 6.07 Å². The van der Waals surface area contributed by atoms with Crippen LogP contribution in [0.3, 0.4) is 0 Å². The summed E-state index contributed by atoms with van der Waals surface area (Å²) >= 11 is 6.14. The molecule has 0 unspecified atom stereocenters. The predicted molar refractivity (Wildman–Crippen MR) is 193 cm³/mol. The summed E-state index contributed by atoms with van der Waals surface area (Å²) < 4.78 is 54.3. The van der Waals surface area contributed by atoms with Gasteiger partial charge in [-0.3, -0.25) is 28.8 Å². The second-order valence-electron chi connectivity index (χ2n) is 12.2. The summed E-state index contributed by atoms with van der Waals surface area (Å²) in [5.74, 6) is -7.73. The summed E-state index contributed by atoms with van der Waals surface area (Å²) in [5, 5.41) is 32.5. The number of hydrogen-bond acceptors (Lipinski definition) is 12. The molecule has 0 fully saturated rings. The first-order chi connectivity index (χ1) is 27.3. The van der Waals surface area contributed by atoms with Crippen LogP contribution in [-0.4, -0.2) is 81.8 Å². The van der Waals surface area contributed by atoms with Gasteiger partial charge >= 0.3 is 24.1 Å². The van der Waals surface area contributed by atoms with Gasteiger partial charge in [0.15, 0.2) is 22.6 Å². The van der Waals surface area contributed by atoms with Crippen LogP contribution in [0.5, 0.6) is 17.2 Å². The Morgan fingerprint density at radius 2 is 1.36 bits per heavy atom. The number of aromatic nitrogens is 6. The molecule has 4 aromatic heterocycles. The molecule has 0 saturated heterocycles. The molecule has 0 aliphatic rings. The third-order valence-electron chi connectivity index (χ3n) is 8.36. The van der Waals surface area contributed by atoms with E-state index in [2.05, 4.69) is 15.5 Å². The number of amides is 2. The number of carboxylic acid groups (broad SMARTS) is 1. The molecule has 0 bridgehead atoms. The number of esters is 2. The molecule has 23 heteroatoms. The highest BCUT2D eigenvalue weighted by Gasteiger charge is 2.32. The number of halogens is 4. The molecule has 0 saturated carbocycles. The van der Waals surface area contributed by atoms with Gasteiger partial charge < -0.3 is 30.3 Å². The number of carboxylic acids is 1. The number of carbonyl (C=O) groups is 5. The minimum absolute atomic E-state index is 0.0561. The van der Waals surface area contributed by atoms with Crippen molar-refractivity contribution in [2.75, 3.05) is 13.1 Å². The molecule has 6 aromatic rings. The second kappa shape index (κ2) is 15.2. The summed E-state index contributed by atoms with van der Waals surface area (Å²) in [4.78, 5) is 89.5. The standard InChI is InChI=1S/C35H26ClF3N8O11/c1-15(48)57-24-7-5-4-6-17(24)20-12-23-30(28(32(54)40-13-25(49)50)34(56)45(3)47(23)42-20)58-26(51)14-41-31(53)27-29(52)22-11-21(43-46(22)44(2)33(27)55)18-10-16(35(37,38)39)8-9-19(18)36/h4-12,52H,13-14H2,1-3H3,(H,40,54)(H,41,53)(H,49,50). The van der Waals surface area contributed by atoms with Crippen LogP contribution in [0.15, 0.2) is 64.2 Å². The van der Waals surface area contributed by atoms with Crippen LogP contribution in [0.4, 0.5) is 13.2 Å². The van der Waals surface area contributed by atoms with E-state index in [1.165, 1.54) is 25.2 Å². The molecule has 0 aliphatic heterocycles. The molecular weight excluding hydrogens is 801 g/mol. The maximum Gasteiger partial charge on any atom is 0.416 e. The Morgan fingerprint density at radius 1 is 0.793 bits per heavy atom. The Balaban J connectivity index is 1.35. The molecule has 6 rings (SSSR count). The van der Waals surface area contributed by atoms with Crippen molar-refractivity contribution >= 4 is 52.4 Å². The third-order valence-corrected chi connectivity index (χ3v) is 8.69. The summed E-state index contributed by atoms with van der Waals surface area (Å²) in [5.41, 5.74) is -5.73. The van der Waals surface area contributed by atoms with Gasteiger partial charge in [0.2, 0.25) is 0 Å². The van der Waals surface area contributed by atoms with Crippen molar-refractivity contribution in [2.45, 2.75) is 13.1 Å². The highest BCUT2D eigenvalue weighted by molar-refractivity contribution is 6.33. The zero-order chi connectivity index (χ0) is 42.4. The lowest BCUT2D eigenvalue weighted by Crippen LogP contribution is -2.39. The van der Waals surface area contributed by atoms with Crippen LogP contribution in [0, 0.1) is 0 Å². The van der Waals surface area contributed by atoms with Crippen molar-refractivity contribution in [3.8, 4) is 39.8 Å². The number of nitrogens with zero attached hydrogens (tertiary/aromatic N) is 6. The highest BCUT2D eigenvalue weighted by Crippen LogP contribution is 2.37. The Labute approximate surface area is 325 Å². The van der Waals surface area contributed by atoms with Crippen LogP contribution < -0.4 is 31.2 Å². The molecule has 0 aliphatic carbocycles. The van der Waals surface area contributed by atoms with E-state index < -0.39 is 88.3 Å². The largest absolute Gasteiger partial charge is 0.505 e. The summed E-state index contributed by atoms with van der Waals surface area (Å²) in [6, 6.07) is 10.9. The van der Waals surface area contributed by atoms with Gasteiger partial charge in [0.25, 0.3) is 22.9 Å². The van der Waals surface area contributed by atoms with Gasteiger partial charge in [-0.2, -0.15) is 32.6 Å². The zero-order valence-corrected chi connectivity index (χ0v) is 30.6. The van der Waals surface area contributed by atoms with E-state index in [9.17, 15) is 51.8 Å². The van der Waals surface area contributed by atoms with Gasteiger partial charge in [0.05, 0.1) is 22.0 Å². The van der Waals surface area contributed by atoms with Crippen LogP contribution in [0.25, 0.3) is 33.5 Å². The molecule has 0 spiro atoms. The Kier molecular flexibility index (Phi) is 10.5. The zero-order valence-electron chi connectivity index (χ0n) is 29.9. The van der Waals surface area contributed by atoms with Gasteiger partial charge in [-0.25, -0.2) is 14.2 Å². The first-order valence-corrected chi connectivity index (χ1v) is 16.7. The van der Waals surface area contributed by atoms with E-state index in [0.717, 1.165) is 50.8 Å². The van der Waals surface area contributed by atoms with E-state index in [1.807, 2.05) is 5.32 Å². The monoisotopic (exact) mass is 826 g/mol. The minimum atomic E-state index is -4.74. The molecule has 2 amide bonds. The lowest BCUT2D eigenvalue weighted by Gasteiger charge is -2.14. The van der Waals surface area contributed by atoms with E-state index in [1.54, 1.807) is 12.1 Å². The first-order valence-electron chi connectivity index (χ1n) is 16.4. The normalized spacial score (nSPS) is 11.4. The number of ether oxygens (including phenoxy) is 2. The fourth-order valence-corrected chi connectivity index (χ4v) is 5.91. The fraction of sp³-hybridized carbons (Fsp3) is 0.171. The number of fused-ring (bicyclic) bond motifs is 2. The average molecular weight is 827 g/mol. The predicted octanol–water partition coefficient (Wildman–Crippen LogP) is 2.17. The van der Waals surface area contributed by atoms with Gasteiger partial charge in [-0.05, 0) is 42.5 Å². The third kappa shape index (κ3) is 7.54. The van der Waals surface area contributed by atoms with E-state index in [-0.39, 0.29) is 44.3 Å². The van der Waals surface area contributed by atoms with Crippen molar-refractivity contribution in [2.24, 2.45) is 14.1 Å². The van der Waals surface area contributed by atoms with Crippen LogP contribution in [0.1, 0.15) is 33.2 Å². The Morgan fingerprint density at radius 3 is 2.00 bits per heavy atom. The van der Waals surface area contributed by atoms with Crippen molar-refractivity contribution in [3.05, 3.63) is 97.0 Å². The molecule has 4 heterocycles. The van der Waals surface area contributed by atoms with E-state index >= 15 is 0 Å². The van der Waals surface area contributed by atoms with Crippen molar-refractivity contribution in [1.29, 1.82) is 0 Å². The van der Waals surface area contributed by atoms with Crippen LogP contribution >= 0.6 is 11.6 Å². The Bertz CT molecular complexity index is 2860. The molecule has 19 nitrogen and oxygen atoms in total. The Hall–Kier alpha value is -7.49. The number of para-hydroxylation sites is 1. The quantitative estimate of drug-likeness (QED) is 0.114. The minimum Gasteiger partial charge on any atom is -0.505 e. The molecule has 0 atom stereocenters. The molecule has 0 radical (unpaired) electrons. The average Bonchev–Trinajstić information content (AvgIpc) is 3.81. The lowest BCUT2D eigenvalue weighted by molar-refractivity contribution is -0.138. The number of aliphatic carboxylic acids is 1. The molecule has 300 valence electrons. The number of alkyl halides is 3. The maximum absolute atomic E-state index is 13.5. The number of aryl methyl sites for hydroxylation is 2. The van der Waals surface area contributed by atoms with Gasteiger partial charge in [-0.15, -0.1) is 0 Å². The first kappa shape index (κ1) is 40.2. The summed E-state index contributed by atoms with van der Waals surface area (Å²) in [6.45, 7) is -0.842. The van der Waals surface area contributed by atoms with Crippen molar-refractivity contribution < 1.29 is 56.8 Å². The number of carbonyl (C=O) groups excluding carboxylic acids is 4. The van der Waals surface area contributed by atoms with Gasteiger partial charge in [0.1, 0.15) is 29.9 Å². The van der Waals surface area contributed by atoms with Crippen molar-refractivity contribution in [1.82, 2.24) is 39.5 Å². The van der Waals surface area contributed by atoms with Crippen LogP contribution in [-0.2, 0) is 34.7 Å². The van der Waals surface area contributed by atoms with Gasteiger partial charge in [-0.1, -0.05) is 23.7 Å². The second-order valence-corrected chi connectivity index (χ2v) is 12.6. The number of nitrogens with one attached hydrogen (secondary N) is 2. The molecular formula is C35H26ClF3N8O11. The fourth-order valence-electron chi connectivity index (χ4n) is 5.70. The smallest absolute Gasteiger partial charge is 0.416 e. The molecule has 2 aromatic carbocycles. The topological polar surface area (TPSA) is 247 Å². The summed E-state index contributed by atoms with van der Waals surface area (Å²) in [6.07, 6.45) is -4.74. The van der Waals surface area contributed by atoms with Gasteiger partial charge in [0, 0.05) is 32.1 Å². The number of benzene rings is 2. The lowest BCUT2D eigenvalue weighted by atomic mass is 10.1. The van der Waals surface area contributed by atoms with E-state index in [4.69, 9.17) is 26.2 Å². The summed E-state index contributed by atoms with van der Waals surface area (Å²) in [7, 11) is 2.33. The maximum atomic E-state index is 13.5. The highest BCUT2D eigenvalue weighted by atomic mass is 35.5. The molecule has 58 heavy (non-hydrogen) atoms. The van der Waals surface area contributed by atoms with Crippen molar-refractivity contribution in [3.63, 3.8) is 0 Å². The number of rotatable bonds is 10.